The minimum Gasteiger partial charge on any atom is -0.313 e. The molecule has 98 valence electrons. The summed E-state index contributed by atoms with van der Waals surface area (Å²) in [6, 6.07) is 8.98. The molecule has 2 heterocycles. The quantitative estimate of drug-likeness (QED) is 0.807. The molecule has 1 atom stereocenters. The molecule has 1 unspecified atom stereocenters. The molecule has 2 N–H and O–H groups in total. The Morgan fingerprint density at radius 1 is 1.35 bits per heavy atom. The van der Waals surface area contributed by atoms with Gasteiger partial charge >= 0.3 is 0 Å². The summed E-state index contributed by atoms with van der Waals surface area (Å²) in [5.41, 5.74) is 1.42. The van der Waals surface area contributed by atoms with Crippen LogP contribution in [0, 0.1) is 11.3 Å². The maximum Gasteiger partial charge on any atom is 0.256 e. The number of anilines is 1. The van der Waals surface area contributed by atoms with E-state index < -0.39 is 0 Å². The maximum atomic E-state index is 12.0. The van der Waals surface area contributed by atoms with Crippen LogP contribution >= 0.6 is 0 Å². The number of H-pyrrole nitrogens is 1. The lowest BCUT2D eigenvalue weighted by atomic mass is 9.86. The van der Waals surface area contributed by atoms with Gasteiger partial charge < -0.3 is 10.3 Å². The first-order valence-corrected chi connectivity index (χ1v) is 6.06. The summed E-state index contributed by atoms with van der Waals surface area (Å²) in [5.74, 6) is -0.287. The fraction of sp³-hybridized carbons (Fsp3) is 0.143. The van der Waals surface area contributed by atoms with E-state index in [2.05, 4.69) is 21.4 Å². The molecular formula is C14H10N4O2. The fourth-order valence-electron chi connectivity index (χ4n) is 2.41. The Hall–Kier alpha value is -2.94. The first kappa shape index (κ1) is 12.1. The number of nitrogens with one attached hydrogen (secondary N) is 2. The van der Waals surface area contributed by atoms with Crippen molar-refractivity contribution >= 4 is 11.7 Å². The number of carbonyl (C=O) groups excluding carboxylic acids is 1. The number of hydrogen-bond donors (Lipinski definition) is 2. The summed E-state index contributed by atoms with van der Waals surface area (Å²) >= 11 is 0. The van der Waals surface area contributed by atoms with Crippen LogP contribution in [0.1, 0.15) is 29.0 Å². The van der Waals surface area contributed by atoms with Crippen LogP contribution in [0.15, 0.2) is 35.4 Å². The van der Waals surface area contributed by atoms with E-state index in [-0.39, 0.29) is 29.6 Å². The van der Waals surface area contributed by atoms with Gasteiger partial charge in [-0.05, 0) is 17.7 Å². The van der Waals surface area contributed by atoms with Crippen LogP contribution < -0.4 is 10.9 Å². The Morgan fingerprint density at radius 3 is 3.00 bits per heavy atom. The van der Waals surface area contributed by atoms with Crippen molar-refractivity contribution in [3.63, 3.8) is 0 Å². The fourth-order valence-corrected chi connectivity index (χ4v) is 2.41. The zero-order valence-electron chi connectivity index (χ0n) is 10.4. The number of carbonyl (C=O) groups is 1. The molecule has 1 aliphatic rings. The molecule has 3 rings (SSSR count). The Labute approximate surface area is 114 Å². The Balaban J connectivity index is 2.18. The predicted octanol–water partition coefficient (Wildman–Crippen LogP) is 1.12. The molecule has 1 aliphatic heterocycles. The number of fused-ring (bicyclic) bond motifs is 1. The second kappa shape index (κ2) is 4.63. The van der Waals surface area contributed by atoms with Crippen LogP contribution in [-0.4, -0.2) is 15.9 Å². The van der Waals surface area contributed by atoms with Gasteiger partial charge in [-0.1, -0.05) is 12.1 Å². The molecule has 0 saturated carbocycles. The van der Waals surface area contributed by atoms with Crippen LogP contribution in [0.3, 0.4) is 0 Å². The van der Waals surface area contributed by atoms with Gasteiger partial charge in [-0.2, -0.15) is 5.26 Å². The molecule has 1 aromatic heterocycles. The average Bonchev–Trinajstić information content (AvgIpc) is 2.46. The van der Waals surface area contributed by atoms with Gasteiger partial charge in [-0.25, -0.2) is 4.98 Å². The van der Waals surface area contributed by atoms with Crippen LogP contribution in [-0.2, 0) is 4.79 Å². The molecular weight excluding hydrogens is 256 g/mol. The van der Waals surface area contributed by atoms with Gasteiger partial charge in [0.2, 0.25) is 5.91 Å². The lowest BCUT2D eigenvalue weighted by molar-refractivity contribution is -0.116. The van der Waals surface area contributed by atoms with Crippen molar-refractivity contribution in [2.24, 2.45) is 0 Å². The van der Waals surface area contributed by atoms with Crippen molar-refractivity contribution in [1.82, 2.24) is 9.97 Å². The summed E-state index contributed by atoms with van der Waals surface area (Å²) < 4.78 is 0. The van der Waals surface area contributed by atoms with E-state index in [4.69, 9.17) is 5.26 Å². The standard InChI is InChI=1S/C14H10N4O2/c15-6-8-2-1-3-9(4-8)10-5-11(19)18-13-12(10)14(20)17-7-16-13/h1-4,7,10H,5H2,(H2,16,17,18,19,20). The highest BCUT2D eigenvalue weighted by Crippen LogP contribution is 2.33. The van der Waals surface area contributed by atoms with Gasteiger partial charge in [0, 0.05) is 12.3 Å². The van der Waals surface area contributed by atoms with Gasteiger partial charge in [0.1, 0.15) is 5.82 Å². The third kappa shape index (κ3) is 1.95. The number of hydrogen-bond acceptors (Lipinski definition) is 4. The van der Waals surface area contributed by atoms with Gasteiger partial charge in [0.15, 0.2) is 0 Å². The van der Waals surface area contributed by atoms with E-state index in [0.29, 0.717) is 11.1 Å². The second-order valence-corrected chi connectivity index (χ2v) is 4.54. The van der Waals surface area contributed by atoms with Crippen LogP contribution in [0.2, 0.25) is 0 Å². The molecule has 6 heteroatoms. The van der Waals surface area contributed by atoms with E-state index in [1.54, 1.807) is 24.3 Å². The molecule has 0 saturated heterocycles. The number of aromatic nitrogens is 2. The Kier molecular flexibility index (Phi) is 2.80. The topological polar surface area (TPSA) is 98.6 Å². The van der Waals surface area contributed by atoms with E-state index >= 15 is 0 Å². The summed E-state index contributed by atoms with van der Waals surface area (Å²) in [6.07, 6.45) is 1.42. The molecule has 2 aromatic rings. The van der Waals surface area contributed by atoms with Crippen molar-refractivity contribution in [1.29, 1.82) is 5.26 Å². The van der Waals surface area contributed by atoms with Gasteiger partial charge in [0.05, 0.1) is 23.5 Å². The highest BCUT2D eigenvalue weighted by Gasteiger charge is 2.30. The van der Waals surface area contributed by atoms with Crippen LogP contribution in [0.25, 0.3) is 0 Å². The third-order valence-electron chi connectivity index (χ3n) is 3.30. The lowest BCUT2D eigenvalue weighted by Gasteiger charge is -2.23. The van der Waals surface area contributed by atoms with Crippen LogP contribution in [0.5, 0.6) is 0 Å². The molecule has 1 amide bonds. The summed E-state index contributed by atoms with van der Waals surface area (Å²) in [4.78, 5) is 30.3. The van der Waals surface area contributed by atoms with Crippen molar-refractivity contribution in [2.75, 3.05) is 5.32 Å². The number of nitrogens with zero attached hydrogens (tertiary/aromatic N) is 2. The first-order valence-electron chi connectivity index (χ1n) is 6.06. The first-order chi connectivity index (χ1) is 9.69. The maximum absolute atomic E-state index is 12.0. The minimum absolute atomic E-state index is 0.163. The molecule has 0 spiro atoms. The normalized spacial score (nSPS) is 16.9. The van der Waals surface area contributed by atoms with E-state index in [9.17, 15) is 9.59 Å². The molecule has 1 aromatic carbocycles. The highest BCUT2D eigenvalue weighted by molar-refractivity contribution is 5.94. The molecule has 0 fully saturated rings. The minimum atomic E-state index is -0.385. The molecule has 0 radical (unpaired) electrons. The van der Waals surface area contributed by atoms with Crippen molar-refractivity contribution < 1.29 is 4.79 Å². The summed E-state index contributed by atoms with van der Waals surface area (Å²) in [5, 5.41) is 11.5. The SMILES string of the molecule is N#Cc1cccc(C2CC(=O)Nc3nc[nH]c(=O)c32)c1. The predicted molar refractivity (Wildman–Crippen MR) is 71.1 cm³/mol. The van der Waals surface area contributed by atoms with Gasteiger partial charge in [-0.3, -0.25) is 9.59 Å². The van der Waals surface area contributed by atoms with Crippen molar-refractivity contribution in [3.8, 4) is 6.07 Å². The number of nitriles is 1. The zero-order chi connectivity index (χ0) is 14.1. The number of rotatable bonds is 1. The lowest BCUT2D eigenvalue weighted by Crippen LogP contribution is -2.30. The third-order valence-corrected chi connectivity index (χ3v) is 3.30. The van der Waals surface area contributed by atoms with Gasteiger partial charge in [-0.15, -0.1) is 0 Å². The molecule has 0 aliphatic carbocycles. The number of benzene rings is 1. The van der Waals surface area contributed by atoms with E-state index in [0.717, 1.165) is 5.56 Å². The van der Waals surface area contributed by atoms with Gasteiger partial charge in [0.25, 0.3) is 5.56 Å². The Morgan fingerprint density at radius 2 is 2.20 bits per heavy atom. The van der Waals surface area contributed by atoms with Crippen LogP contribution in [0.4, 0.5) is 5.82 Å². The second-order valence-electron chi connectivity index (χ2n) is 4.54. The molecule has 20 heavy (non-hydrogen) atoms. The summed E-state index contributed by atoms with van der Waals surface area (Å²) in [6.45, 7) is 0. The number of amides is 1. The Bertz CT molecular complexity index is 788. The number of aromatic amines is 1. The average molecular weight is 266 g/mol. The van der Waals surface area contributed by atoms with Crippen molar-refractivity contribution in [2.45, 2.75) is 12.3 Å². The molecule has 6 nitrogen and oxygen atoms in total. The van der Waals surface area contributed by atoms with E-state index in [1.165, 1.54) is 6.33 Å². The van der Waals surface area contributed by atoms with E-state index in [1.807, 2.05) is 0 Å². The monoisotopic (exact) mass is 266 g/mol. The zero-order valence-corrected chi connectivity index (χ0v) is 10.4. The smallest absolute Gasteiger partial charge is 0.256 e. The van der Waals surface area contributed by atoms with Crippen molar-refractivity contribution in [3.05, 3.63) is 57.6 Å². The molecule has 0 bridgehead atoms. The highest BCUT2D eigenvalue weighted by atomic mass is 16.2. The summed E-state index contributed by atoms with van der Waals surface area (Å²) in [7, 11) is 0. The largest absolute Gasteiger partial charge is 0.313 e.